The number of carbonyl (C=O) groups is 1. The van der Waals surface area contributed by atoms with Crippen LogP contribution < -0.4 is 11.1 Å². The molecule has 0 aromatic heterocycles. The maximum atomic E-state index is 11.6. The Bertz CT molecular complexity index is 235. The van der Waals surface area contributed by atoms with E-state index in [1.54, 1.807) is 0 Å². The summed E-state index contributed by atoms with van der Waals surface area (Å²) in [7, 11) is 0. The molecule has 0 heterocycles. The summed E-state index contributed by atoms with van der Waals surface area (Å²) in [5.41, 5.74) is 5.97. The Morgan fingerprint density at radius 3 is 2.38 bits per heavy atom. The van der Waals surface area contributed by atoms with Crippen LogP contribution in [0.3, 0.4) is 0 Å². The molecule has 4 heteroatoms. The normalized spacial score (nSPS) is 23.3. The van der Waals surface area contributed by atoms with Gasteiger partial charge in [-0.15, -0.1) is 12.4 Å². The number of rotatable bonds is 4. The van der Waals surface area contributed by atoms with Gasteiger partial charge in [-0.3, -0.25) is 4.79 Å². The Balaban J connectivity index is 0.00000128. The van der Waals surface area contributed by atoms with Crippen LogP contribution in [0.2, 0.25) is 0 Å². The summed E-state index contributed by atoms with van der Waals surface area (Å²) in [6.07, 6.45) is 9.15. The van der Waals surface area contributed by atoms with Crippen molar-refractivity contribution in [2.75, 3.05) is 6.54 Å². The highest BCUT2D eigenvalue weighted by atomic mass is 35.5. The van der Waals surface area contributed by atoms with Crippen molar-refractivity contribution in [1.29, 1.82) is 0 Å². The highest BCUT2D eigenvalue weighted by molar-refractivity contribution is 5.85. The Hall–Kier alpha value is -0.280. The Morgan fingerprint density at radius 1 is 1.25 bits per heavy atom. The largest absolute Gasteiger partial charge is 0.354 e. The summed E-state index contributed by atoms with van der Waals surface area (Å²) < 4.78 is 0. The molecule has 0 unspecified atom stereocenters. The second-order valence-electron chi connectivity index (χ2n) is 5.35. The standard InChI is InChI=1S/C12H22N2O.ClH/c13-12(6-3-7-12)9-14-11(15)8-10-4-1-2-5-10;/h10H,1-9,13H2,(H,14,15);1H. The van der Waals surface area contributed by atoms with Crippen LogP contribution in [0.25, 0.3) is 0 Å². The van der Waals surface area contributed by atoms with Gasteiger partial charge in [0.15, 0.2) is 0 Å². The molecular weight excluding hydrogens is 224 g/mol. The fourth-order valence-corrected chi connectivity index (χ4v) is 2.63. The third-order valence-corrected chi connectivity index (χ3v) is 3.94. The van der Waals surface area contributed by atoms with Gasteiger partial charge in [-0.05, 0) is 38.0 Å². The Labute approximate surface area is 104 Å². The van der Waals surface area contributed by atoms with Crippen LogP contribution in [0.4, 0.5) is 0 Å². The minimum Gasteiger partial charge on any atom is -0.354 e. The molecule has 2 aliphatic carbocycles. The van der Waals surface area contributed by atoms with Crippen LogP contribution in [-0.4, -0.2) is 18.0 Å². The Kier molecular flexibility index (Phi) is 5.06. The second-order valence-corrected chi connectivity index (χ2v) is 5.35. The van der Waals surface area contributed by atoms with Gasteiger partial charge >= 0.3 is 0 Å². The van der Waals surface area contributed by atoms with Crippen molar-refractivity contribution in [2.24, 2.45) is 11.7 Å². The van der Waals surface area contributed by atoms with E-state index in [1.165, 1.54) is 32.1 Å². The summed E-state index contributed by atoms with van der Waals surface area (Å²) in [5.74, 6) is 0.846. The number of hydrogen-bond acceptors (Lipinski definition) is 2. The molecule has 0 aliphatic heterocycles. The average Bonchev–Trinajstić information content (AvgIpc) is 2.64. The van der Waals surface area contributed by atoms with Gasteiger partial charge in [-0.2, -0.15) is 0 Å². The van der Waals surface area contributed by atoms with Gasteiger partial charge in [0.2, 0.25) is 5.91 Å². The van der Waals surface area contributed by atoms with E-state index in [-0.39, 0.29) is 23.9 Å². The van der Waals surface area contributed by atoms with Gasteiger partial charge in [-0.25, -0.2) is 0 Å². The molecule has 3 N–H and O–H groups in total. The summed E-state index contributed by atoms with van der Waals surface area (Å²) in [6.45, 7) is 0.679. The molecule has 0 radical (unpaired) electrons. The van der Waals surface area contributed by atoms with Gasteiger partial charge < -0.3 is 11.1 Å². The number of amides is 1. The predicted molar refractivity (Wildman–Crippen MR) is 67.6 cm³/mol. The van der Waals surface area contributed by atoms with E-state index in [4.69, 9.17) is 5.73 Å². The predicted octanol–water partition coefficient (Wildman–Crippen LogP) is 1.99. The molecule has 0 aromatic carbocycles. The molecular formula is C12H23ClN2O. The fourth-order valence-electron chi connectivity index (χ4n) is 2.63. The van der Waals surface area contributed by atoms with Crippen LogP contribution in [0, 0.1) is 5.92 Å². The first-order chi connectivity index (χ1) is 7.18. The molecule has 1 amide bonds. The van der Waals surface area contributed by atoms with Crippen molar-refractivity contribution in [1.82, 2.24) is 5.32 Å². The molecule has 0 spiro atoms. The lowest BCUT2D eigenvalue weighted by atomic mass is 9.78. The van der Waals surface area contributed by atoms with E-state index >= 15 is 0 Å². The van der Waals surface area contributed by atoms with Crippen molar-refractivity contribution >= 4 is 18.3 Å². The smallest absolute Gasteiger partial charge is 0.220 e. The molecule has 2 saturated carbocycles. The summed E-state index contributed by atoms with van der Waals surface area (Å²) in [5, 5.41) is 2.99. The van der Waals surface area contributed by atoms with Crippen molar-refractivity contribution in [3.8, 4) is 0 Å². The molecule has 0 bridgehead atoms. The lowest BCUT2D eigenvalue weighted by Crippen LogP contribution is -2.55. The molecule has 2 fully saturated rings. The molecule has 16 heavy (non-hydrogen) atoms. The minimum absolute atomic E-state index is 0. The van der Waals surface area contributed by atoms with Crippen molar-refractivity contribution < 1.29 is 4.79 Å². The molecule has 0 aromatic rings. The first-order valence-electron chi connectivity index (χ1n) is 6.24. The molecule has 94 valence electrons. The third kappa shape index (κ3) is 3.63. The third-order valence-electron chi connectivity index (χ3n) is 3.94. The molecule has 0 saturated heterocycles. The van der Waals surface area contributed by atoms with Crippen LogP contribution in [0.1, 0.15) is 51.4 Å². The average molecular weight is 247 g/mol. The zero-order chi connectivity index (χ0) is 10.7. The topological polar surface area (TPSA) is 55.1 Å². The van der Waals surface area contributed by atoms with E-state index in [9.17, 15) is 4.79 Å². The fraction of sp³-hybridized carbons (Fsp3) is 0.917. The Morgan fingerprint density at radius 2 is 1.88 bits per heavy atom. The number of halogens is 1. The highest BCUT2D eigenvalue weighted by Gasteiger charge is 2.32. The van der Waals surface area contributed by atoms with Gasteiger partial charge in [0, 0.05) is 18.5 Å². The maximum Gasteiger partial charge on any atom is 0.220 e. The van der Waals surface area contributed by atoms with E-state index in [0.717, 1.165) is 19.3 Å². The van der Waals surface area contributed by atoms with Crippen LogP contribution in [-0.2, 0) is 4.79 Å². The minimum atomic E-state index is -0.0780. The highest BCUT2D eigenvalue weighted by Crippen LogP contribution is 2.29. The number of hydrogen-bond donors (Lipinski definition) is 2. The lowest BCUT2D eigenvalue weighted by Gasteiger charge is -2.38. The quantitative estimate of drug-likeness (QED) is 0.797. The summed E-state index contributed by atoms with van der Waals surface area (Å²) in [6, 6.07) is 0. The molecule has 2 aliphatic rings. The SMILES string of the molecule is Cl.NC1(CNC(=O)CC2CCCC2)CCC1. The van der Waals surface area contributed by atoms with Gasteiger partial charge in [-0.1, -0.05) is 12.8 Å². The maximum absolute atomic E-state index is 11.6. The van der Waals surface area contributed by atoms with Gasteiger partial charge in [0.05, 0.1) is 0 Å². The molecule has 2 rings (SSSR count). The van der Waals surface area contributed by atoms with E-state index in [1.807, 2.05) is 0 Å². The zero-order valence-corrected chi connectivity index (χ0v) is 10.7. The number of carbonyl (C=O) groups excluding carboxylic acids is 1. The van der Waals surface area contributed by atoms with Crippen LogP contribution in [0.15, 0.2) is 0 Å². The van der Waals surface area contributed by atoms with Gasteiger partial charge in [0.25, 0.3) is 0 Å². The first kappa shape index (κ1) is 13.8. The molecule has 0 atom stereocenters. The second kappa shape index (κ2) is 5.87. The van der Waals surface area contributed by atoms with E-state index < -0.39 is 0 Å². The van der Waals surface area contributed by atoms with E-state index in [2.05, 4.69) is 5.32 Å². The zero-order valence-electron chi connectivity index (χ0n) is 9.84. The van der Waals surface area contributed by atoms with Crippen LogP contribution >= 0.6 is 12.4 Å². The van der Waals surface area contributed by atoms with Crippen LogP contribution in [0.5, 0.6) is 0 Å². The molecule has 3 nitrogen and oxygen atoms in total. The van der Waals surface area contributed by atoms with Crippen molar-refractivity contribution in [3.05, 3.63) is 0 Å². The number of nitrogens with two attached hydrogens (primary N) is 1. The van der Waals surface area contributed by atoms with Crippen molar-refractivity contribution in [3.63, 3.8) is 0 Å². The number of nitrogens with one attached hydrogen (secondary N) is 1. The van der Waals surface area contributed by atoms with Crippen molar-refractivity contribution in [2.45, 2.75) is 56.9 Å². The summed E-state index contributed by atoms with van der Waals surface area (Å²) in [4.78, 5) is 11.6. The summed E-state index contributed by atoms with van der Waals surface area (Å²) >= 11 is 0. The lowest BCUT2D eigenvalue weighted by molar-refractivity contribution is -0.122. The monoisotopic (exact) mass is 246 g/mol. The first-order valence-corrected chi connectivity index (χ1v) is 6.24. The van der Waals surface area contributed by atoms with E-state index in [0.29, 0.717) is 12.5 Å². The van der Waals surface area contributed by atoms with Gasteiger partial charge in [0.1, 0.15) is 0 Å².